The van der Waals surface area contributed by atoms with Crippen molar-refractivity contribution in [2.75, 3.05) is 31.0 Å². The first-order chi connectivity index (χ1) is 17.4. The van der Waals surface area contributed by atoms with Crippen LogP contribution in [0.1, 0.15) is 35.3 Å². The molecule has 3 rings (SSSR count). The van der Waals surface area contributed by atoms with Gasteiger partial charge in [-0.15, -0.1) is 0 Å². The summed E-state index contributed by atoms with van der Waals surface area (Å²) in [7, 11) is 1.55. The van der Waals surface area contributed by atoms with Crippen LogP contribution in [-0.4, -0.2) is 38.1 Å². The molecule has 0 saturated heterocycles. The minimum Gasteiger partial charge on any atom is -0.497 e. The molecule has 0 heterocycles. The van der Waals surface area contributed by atoms with Gasteiger partial charge >= 0.3 is 5.97 Å². The second-order valence-corrected chi connectivity index (χ2v) is 7.88. The molecule has 0 aliphatic heterocycles. The van der Waals surface area contributed by atoms with E-state index in [1.807, 2.05) is 32.0 Å². The lowest BCUT2D eigenvalue weighted by molar-refractivity contribution is -0.119. The highest BCUT2D eigenvalue weighted by atomic mass is 16.5. The zero-order chi connectivity index (χ0) is 25.9. The number of esters is 1. The lowest BCUT2D eigenvalue weighted by atomic mass is 10.0. The van der Waals surface area contributed by atoms with E-state index in [4.69, 9.17) is 14.2 Å². The highest BCUT2D eigenvalue weighted by Gasteiger charge is 2.14. The lowest BCUT2D eigenvalue weighted by Gasteiger charge is -2.14. The summed E-state index contributed by atoms with van der Waals surface area (Å²) in [4.78, 5) is 36.9. The molecule has 8 nitrogen and oxygen atoms in total. The highest BCUT2D eigenvalue weighted by molar-refractivity contribution is 5.96. The normalized spacial score (nSPS) is 10.3. The highest BCUT2D eigenvalue weighted by Crippen LogP contribution is 2.22. The van der Waals surface area contributed by atoms with Crippen LogP contribution in [0.25, 0.3) is 0 Å². The van der Waals surface area contributed by atoms with Crippen LogP contribution in [0.2, 0.25) is 0 Å². The van der Waals surface area contributed by atoms with Crippen LogP contribution in [0.4, 0.5) is 11.4 Å². The SMILES string of the molecule is CCc1cccc(CC)c1NC(=O)COC(=O)c1ccc(OCC(=O)Nc2cccc(OC)c2)cc1. The number of aryl methyl sites for hydroxylation is 2. The minimum absolute atomic E-state index is 0.208. The summed E-state index contributed by atoms with van der Waals surface area (Å²) >= 11 is 0. The Labute approximate surface area is 210 Å². The van der Waals surface area contributed by atoms with Crippen LogP contribution in [-0.2, 0) is 27.2 Å². The molecule has 0 spiro atoms. The molecule has 36 heavy (non-hydrogen) atoms. The monoisotopic (exact) mass is 490 g/mol. The molecule has 8 heteroatoms. The van der Waals surface area contributed by atoms with Crippen molar-refractivity contribution in [3.63, 3.8) is 0 Å². The van der Waals surface area contributed by atoms with E-state index >= 15 is 0 Å². The number of hydrogen-bond acceptors (Lipinski definition) is 6. The van der Waals surface area contributed by atoms with Gasteiger partial charge in [-0.2, -0.15) is 0 Å². The van der Waals surface area contributed by atoms with Crippen LogP contribution in [0.5, 0.6) is 11.5 Å². The average molecular weight is 491 g/mol. The molecule has 0 fully saturated rings. The quantitative estimate of drug-likeness (QED) is 0.380. The second kappa shape index (κ2) is 12.9. The van der Waals surface area contributed by atoms with E-state index in [1.165, 1.54) is 12.1 Å². The Balaban J connectivity index is 1.47. The van der Waals surface area contributed by atoms with Crippen molar-refractivity contribution >= 4 is 29.2 Å². The van der Waals surface area contributed by atoms with Gasteiger partial charge in [0.2, 0.25) is 0 Å². The van der Waals surface area contributed by atoms with Gasteiger partial charge in [-0.25, -0.2) is 4.79 Å². The summed E-state index contributed by atoms with van der Waals surface area (Å²) in [5, 5.41) is 5.59. The Morgan fingerprint density at radius 2 is 1.39 bits per heavy atom. The number of hydrogen-bond donors (Lipinski definition) is 2. The molecule has 0 bridgehead atoms. The van der Waals surface area contributed by atoms with Gasteiger partial charge in [0, 0.05) is 17.4 Å². The van der Waals surface area contributed by atoms with Crippen LogP contribution in [0.15, 0.2) is 66.7 Å². The number of rotatable bonds is 11. The second-order valence-electron chi connectivity index (χ2n) is 7.88. The van der Waals surface area contributed by atoms with E-state index in [2.05, 4.69) is 10.6 Å². The standard InChI is InChI=1S/C28H30N2O6/c1-4-19-8-6-9-20(5-2)27(19)30-26(32)18-36-28(33)21-12-14-23(15-13-21)35-17-25(31)29-22-10-7-11-24(16-22)34-3/h6-16H,4-5,17-18H2,1-3H3,(H,29,31)(H,30,32). The van der Waals surface area contributed by atoms with Gasteiger partial charge < -0.3 is 24.8 Å². The predicted molar refractivity (Wildman–Crippen MR) is 138 cm³/mol. The van der Waals surface area contributed by atoms with Crippen molar-refractivity contribution in [2.24, 2.45) is 0 Å². The van der Waals surface area contributed by atoms with E-state index in [0.29, 0.717) is 17.2 Å². The van der Waals surface area contributed by atoms with Crippen LogP contribution < -0.4 is 20.1 Å². The van der Waals surface area contributed by atoms with Gasteiger partial charge in [0.25, 0.3) is 11.8 Å². The fourth-order valence-corrected chi connectivity index (χ4v) is 3.53. The molecule has 188 valence electrons. The van der Waals surface area contributed by atoms with Gasteiger partial charge in [0.15, 0.2) is 13.2 Å². The number of carbonyl (C=O) groups is 3. The summed E-state index contributed by atoms with van der Waals surface area (Å²) in [6.45, 7) is 3.43. The zero-order valence-electron chi connectivity index (χ0n) is 20.6. The molecule has 2 amide bonds. The van der Waals surface area contributed by atoms with Crippen molar-refractivity contribution < 1.29 is 28.6 Å². The molecule has 3 aromatic rings. The number of para-hydroxylation sites is 1. The predicted octanol–water partition coefficient (Wildman–Crippen LogP) is 4.63. The third-order valence-electron chi connectivity index (χ3n) is 5.41. The van der Waals surface area contributed by atoms with Gasteiger partial charge in [-0.3, -0.25) is 9.59 Å². The average Bonchev–Trinajstić information content (AvgIpc) is 2.91. The summed E-state index contributed by atoms with van der Waals surface area (Å²) in [6.07, 6.45) is 1.56. The Bertz CT molecular complexity index is 1180. The molecule has 3 aromatic carbocycles. The molecule has 0 aromatic heterocycles. The van der Waals surface area contributed by atoms with E-state index < -0.39 is 18.5 Å². The first-order valence-corrected chi connectivity index (χ1v) is 11.7. The topological polar surface area (TPSA) is 103 Å². The Kier molecular flexibility index (Phi) is 9.45. The van der Waals surface area contributed by atoms with Crippen LogP contribution in [0, 0.1) is 0 Å². The molecule has 0 saturated carbocycles. The third kappa shape index (κ3) is 7.33. The lowest BCUT2D eigenvalue weighted by Crippen LogP contribution is -2.22. The van der Waals surface area contributed by atoms with Crippen molar-refractivity contribution in [3.05, 3.63) is 83.4 Å². The maximum atomic E-state index is 12.4. The minimum atomic E-state index is -0.632. The number of amides is 2. The van der Waals surface area contributed by atoms with Crippen molar-refractivity contribution in [1.29, 1.82) is 0 Å². The number of anilines is 2. The van der Waals surface area contributed by atoms with Crippen molar-refractivity contribution in [1.82, 2.24) is 0 Å². The molecule has 0 unspecified atom stereocenters. The molecule has 0 aliphatic carbocycles. The number of benzene rings is 3. The van der Waals surface area contributed by atoms with E-state index in [1.54, 1.807) is 43.5 Å². The van der Waals surface area contributed by atoms with E-state index in [9.17, 15) is 14.4 Å². The van der Waals surface area contributed by atoms with E-state index in [0.717, 1.165) is 29.7 Å². The summed E-state index contributed by atoms with van der Waals surface area (Å²) in [6, 6.07) is 19.0. The molecule has 2 N–H and O–H groups in total. The third-order valence-corrected chi connectivity index (χ3v) is 5.41. The number of methoxy groups -OCH3 is 1. The number of carbonyl (C=O) groups excluding carboxylic acids is 3. The fourth-order valence-electron chi connectivity index (χ4n) is 3.53. The first kappa shape index (κ1) is 26.3. The molecule has 0 aliphatic rings. The van der Waals surface area contributed by atoms with Crippen molar-refractivity contribution in [2.45, 2.75) is 26.7 Å². The van der Waals surface area contributed by atoms with E-state index in [-0.39, 0.29) is 18.1 Å². The smallest absolute Gasteiger partial charge is 0.338 e. The summed E-state index contributed by atoms with van der Waals surface area (Å²) < 4.78 is 15.8. The van der Waals surface area contributed by atoms with Gasteiger partial charge in [0.05, 0.1) is 12.7 Å². The largest absolute Gasteiger partial charge is 0.497 e. The Morgan fingerprint density at radius 1 is 0.750 bits per heavy atom. The zero-order valence-corrected chi connectivity index (χ0v) is 20.6. The Morgan fingerprint density at radius 3 is 2.03 bits per heavy atom. The molecular formula is C28H30N2O6. The fraction of sp³-hybridized carbons (Fsp3) is 0.250. The maximum absolute atomic E-state index is 12.4. The van der Waals surface area contributed by atoms with Crippen LogP contribution in [0.3, 0.4) is 0 Å². The van der Waals surface area contributed by atoms with Gasteiger partial charge in [-0.05, 0) is 60.4 Å². The molecule has 0 radical (unpaired) electrons. The first-order valence-electron chi connectivity index (χ1n) is 11.7. The van der Waals surface area contributed by atoms with Crippen molar-refractivity contribution in [3.8, 4) is 11.5 Å². The molecule has 0 atom stereocenters. The summed E-state index contributed by atoms with van der Waals surface area (Å²) in [5.41, 5.74) is 3.69. The van der Waals surface area contributed by atoms with Crippen LogP contribution >= 0.6 is 0 Å². The van der Waals surface area contributed by atoms with Gasteiger partial charge in [0.1, 0.15) is 11.5 Å². The number of ether oxygens (including phenoxy) is 3. The van der Waals surface area contributed by atoms with Gasteiger partial charge in [-0.1, -0.05) is 38.1 Å². The Hall–Kier alpha value is -4.33. The summed E-state index contributed by atoms with van der Waals surface area (Å²) in [5.74, 6) is -0.333. The number of nitrogens with one attached hydrogen (secondary N) is 2. The molecular weight excluding hydrogens is 460 g/mol. The maximum Gasteiger partial charge on any atom is 0.338 e.